The molecule has 0 aliphatic carbocycles. The Morgan fingerprint density at radius 2 is 2.04 bits per heavy atom. The fraction of sp³-hybridized carbons (Fsp3) is 0.389. The SMILES string of the molecule is CC(=O)Nc1ccc(-c2csc(NC(=O)CCC3CCNC3)n2)cc1.Cl. The Morgan fingerprint density at radius 1 is 1.27 bits per heavy atom. The quantitative estimate of drug-likeness (QED) is 0.700. The Kier molecular flexibility index (Phi) is 7.56. The lowest BCUT2D eigenvalue weighted by molar-refractivity contribution is -0.116. The van der Waals surface area contributed by atoms with E-state index in [0.29, 0.717) is 17.5 Å². The third-order valence-electron chi connectivity index (χ3n) is 4.19. The Morgan fingerprint density at radius 3 is 2.69 bits per heavy atom. The van der Waals surface area contributed by atoms with Crippen molar-refractivity contribution in [3.8, 4) is 11.3 Å². The van der Waals surface area contributed by atoms with E-state index in [1.807, 2.05) is 29.6 Å². The standard InChI is InChI=1S/C18H22N4O2S.ClH/c1-12(23)20-15-5-3-14(4-6-15)16-11-25-18(21-16)22-17(24)7-2-13-8-9-19-10-13;/h3-6,11,13,19H,2,7-10H2,1H3,(H,20,23)(H,21,22,24);1H. The maximum absolute atomic E-state index is 12.1. The number of carbonyl (C=O) groups is 2. The Hall–Kier alpha value is -1.96. The molecule has 8 heteroatoms. The molecule has 1 atom stereocenters. The maximum Gasteiger partial charge on any atom is 0.226 e. The van der Waals surface area contributed by atoms with Crippen LogP contribution in [0.15, 0.2) is 29.6 Å². The van der Waals surface area contributed by atoms with Crippen LogP contribution in [0.5, 0.6) is 0 Å². The largest absolute Gasteiger partial charge is 0.326 e. The highest BCUT2D eigenvalue weighted by atomic mass is 35.5. The molecule has 6 nitrogen and oxygen atoms in total. The average molecular weight is 395 g/mol. The first-order valence-electron chi connectivity index (χ1n) is 8.44. The van der Waals surface area contributed by atoms with Crippen LogP contribution in [0.25, 0.3) is 11.3 Å². The Bertz CT molecular complexity index is 742. The number of benzene rings is 1. The summed E-state index contributed by atoms with van der Waals surface area (Å²) in [5, 5.41) is 11.5. The number of hydrogen-bond donors (Lipinski definition) is 3. The number of thiazole rings is 1. The van der Waals surface area contributed by atoms with Crippen molar-refractivity contribution in [2.45, 2.75) is 26.2 Å². The molecule has 0 bridgehead atoms. The summed E-state index contributed by atoms with van der Waals surface area (Å²) in [5.41, 5.74) is 2.51. The van der Waals surface area contributed by atoms with Crippen molar-refractivity contribution >= 4 is 46.4 Å². The van der Waals surface area contributed by atoms with Crippen LogP contribution in [0.3, 0.4) is 0 Å². The lowest BCUT2D eigenvalue weighted by atomic mass is 10.0. The first-order valence-corrected chi connectivity index (χ1v) is 9.32. The second-order valence-corrected chi connectivity index (χ2v) is 7.10. The summed E-state index contributed by atoms with van der Waals surface area (Å²) in [4.78, 5) is 27.6. The Balaban J connectivity index is 0.00000243. The van der Waals surface area contributed by atoms with Gasteiger partial charge < -0.3 is 16.0 Å². The molecule has 0 spiro atoms. The van der Waals surface area contributed by atoms with E-state index in [4.69, 9.17) is 0 Å². The van der Waals surface area contributed by atoms with Gasteiger partial charge in [-0.15, -0.1) is 23.7 Å². The number of aromatic nitrogens is 1. The minimum atomic E-state index is -0.0974. The van der Waals surface area contributed by atoms with E-state index in [1.54, 1.807) is 0 Å². The summed E-state index contributed by atoms with van der Waals surface area (Å²) >= 11 is 1.42. The van der Waals surface area contributed by atoms with Gasteiger partial charge in [0, 0.05) is 30.0 Å². The second kappa shape index (κ2) is 9.66. The summed E-state index contributed by atoms with van der Waals surface area (Å²) in [7, 11) is 0. The average Bonchev–Trinajstić information content (AvgIpc) is 3.25. The van der Waals surface area contributed by atoms with Crippen LogP contribution >= 0.6 is 23.7 Å². The van der Waals surface area contributed by atoms with E-state index in [1.165, 1.54) is 18.3 Å². The molecular weight excluding hydrogens is 372 g/mol. The zero-order chi connectivity index (χ0) is 17.6. The third-order valence-corrected chi connectivity index (χ3v) is 4.95. The molecule has 1 aromatic heterocycles. The smallest absolute Gasteiger partial charge is 0.226 e. The van der Waals surface area contributed by atoms with Crippen LogP contribution < -0.4 is 16.0 Å². The van der Waals surface area contributed by atoms with Gasteiger partial charge in [0.2, 0.25) is 11.8 Å². The molecule has 2 amide bonds. The van der Waals surface area contributed by atoms with Gasteiger partial charge in [-0.2, -0.15) is 0 Å². The van der Waals surface area contributed by atoms with E-state index < -0.39 is 0 Å². The molecule has 3 rings (SSSR count). The van der Waals surface area contributed by atoms with Gasteiger partial charge in [0.1, 0.15) is 0 Å². The zero-order valence-electron chi connectivity index (χ0n) is 14.6. The molecule has 26 heavy (non-hydrogen) atoms. The van der Waals surface area contributed by atoms with Gasteiger partial charge in [-0.3, -0.25) is 9.59 Å². The first kappa shape index (κ1) is 20.4. The molecular formula is C18H23ClN4O2S. The molecule has 0 radical (unpaired) electrons. The number of halogens is 1. The van der Waals surface area contributed by atoms with Crippen LogP contribution in [-0.4, -0.2) is 29.9 Å². The highest BCUT2D eigenvalue weighted by Gasteiger charge is 2.16. The number of hydrogen-bond acceptors (Lipinski definition) is 5. The summed E-state index contributed by atoms with van der Waals surface area (Å²) in [6.07, 6.45) is 2.61. The number of carbonyl (C=O) groups excluding carboxylic acids is 2. The zero-order valence-corrected chi connectivity index (χ0v) is 16.2. The summed E-state index contributed by atoms with van der Waals surface area (Å²) < 4.78 is 0. The molecule has 1 unspecified atom stereocenters. The molecule has 1 fully saturated rings. The van der Waals surface area contributed by atoms with Crippen LogP contribution in [-0.2, 0) is 9.59 Å². The van der Waals surface area contributed by atoms with Gasteiger partial charge in [0.15, 0.2) is 5.13 Å². The number of amides is 2. The number of rotatable bonds is 6. The molecule has 2 heterocycles. The van der Waals surface area contributed by atoms with E-state index in [0.717, 1.165) is 42.9 Å². The fourth-order valence-corrected chi connectivity index (χ4v) is 3.61. The number of nitrogens with zero attached hydrogens (tertiary/aromatic N) is 1. The molecule has 3 N–H and O–H groups in total. The predicted octanol–water partition coefficient (Wildman–Crippen LogP) is 3.52. The lowest BCUT2D eigenvalue weighted by Gasteiger charge is -2.07. The van der Waals surface area contributed by atoms with Crippen molar-refractivity contribution in [1.29, 1.82) is 0 Å². The summed E-state index contributed by atoms with van der Waals surface area (Å²) in [5.74, 6) is 0.535. The Labute approximate surface area is 163 Å². The predicted molar refractivity (Wildman–Crippen MR) is 108 cm³/mol. The van der Waals surface area contributed by atoms with Crippen molar-refractivity contribution < 1.29 is 9.59 Å². The highest BCUT2D eigenvalue weighted by Crippen LogP contribution is 2.26. The van der Waals surface area contributed by atoms with Crippen molar-refractivity contribution in [1.82, 2.24) is 10.3 Å². The van der Waals surface area contributed by atoms with Crippen molar-refractivity contribution in [3.63, 3.8) is 0 Å². The monoisotopic (exact) mass is 394 g/mol. The second-order valence-electron chi connectivity index (χ2n) is 6.24. The van der Waals surface area contributed by atoms with Crippen LogP contribution in [0.1, 0.15) is 26.2 Å². The van der Waals surface area contributed by atoms with Gasteiger partial charge in [0.25, 0.3) is 0 Å². The van der Waals surface area contributed by atoms with Crippen molar-refractivity contribution in [3.05, 3.63) is 29.6 Å². The molecule has 140 valence electrons. The molecule has 1 aromatic carbocycles. The lowest BCUT2D eigenvalue weighted by Crippen LogP contribution is -2.14. The van der Waals surface area contributed by atoms with Crippen LogP contribution in [0.4, 0.5) is 10.8 Å². The van der Waals surface area contributed by atoms with Gasteiger partial charge in [-0.25, -0.2) is 4.98 Å². The number of nitrogens with one attached hydrogen (secondary N) is 3. The van der Waals surface area contributed by atoms with E-state index >= 15 is 0 Å². The minimum absolute atomic E-state index is 0. The van der Waals surface area contributed by atoms with E-state index in [9.17, 15) is 9.59 Å². The summed E-state index contributed by atoms with van der Waals surface area (Å²) in [6.45, 7) is 3.55. The van der Waals surface area contributed by atoms with Gasteiger partial charge in [-0.1, -0.05) is 12.1 Å². The maximum atomic E-state index is 12.1. The van der Waals surface area contributed by atoms with Crippen LogP contribution in [0, 0.1) is 5.92 Å². The highest BCUT2D eigenvalue weighted by molar-refractivity contribution is 7.14. The molecule has 1 aliphatic rings. The molecule has 0 saturated carbocycles. The topological polar surface area (TPSA) is 83.1 Å². The molecule has 1 aliphatic heterocycles. The van der Waals surface area contributed by atoms with E-state index in [-0.39, 0.29) is 24.2 Å². The van der Waals surface area contributed by atoms with Crippen molar-refractivity contribution in [2.75, 3.05) is 23.7 Å². The summed E-state index contributed by atoms with van der Waals surface area (Å²) in [6, 6.07) is 7.48. The minimum Gasteiger partial charge on any atom is -0.326 e. The van der Waals surface area contributed by atoms with Crippen molar-refractivity contribution in [2.24, 2.45) is 5.92 Å². The molecule has 2 aromatic rings. The normalized spacial score (nSPS) is 16.0. The third kappa shape index (κ3) is 5.79. The molecule has 1 saturated heterocycles. The van der Waals surface area contributed by atoms with Gasteiger partial charge in [-0.05, 0) is 44.0 Å². The number of anilines is 2. The van der Waals surface area contributed by atoms with Crippen LogP contribution in [0.2, 0.25) is 0 Å². The fourth-order valence-electron chi connectivity index (χ4n) is 2.87. The van der Waals surface area contributed by atoms with Gasteiger partial charge in [0.05, 0.1) is 5.69 Å². The van der Waals surface area contributed by atoms with Gasteiger partial charge >= 0.3 is 0 Å². The van der Waals surface area contributed by atoms with E-state index in [2.05, 4.69) is 20.9 Å². The first-order chi connectivity index (χ1) is 12.1.